The van der Waals surface area contributed by atoms with Crippen molar-refractivity contribution in [3.63, 3.8) is 0 Å². The van der Waals surface area contributed by atoms with Crippen LogP contribution in [0.2, 0.25) is 0 Å². The molecule has 2 aromatic heterocycles. The second kappa shape index (κ2) is 7.26. The van der Waals surface area contributed by atoms with E-state index >= 15 is 0 Å². The largest absolute Gasteiger partial charge is 0.356 e. The molecule has 0 spiro atoms. The minimum absolute atomic E-state index is 0.494. The highest BCUT2D eigenvalue weighted by molar-refractivity contribution is 5.80. The number of unbranched alkanes of at least 4 members (excludes halogenated alkanes) is 1. The van der Waals surface area contributed by atoms with Crippen LogP contribution in [0, 0.1) is 0 Å². The summed E-state index contributed by atoms with van der Waals surface area (Å²) in [6.07, 6.45) is 8.94. The number of pyridine rings is 1. The van der Waals surface area contributed by atoms with E-state index in [1.165, 1.54) is 36.9 Å². The lowest BCUT2D eigenvalue weighted by atomic mass is 9.97. The smallest absolute Gasteiger partial charge is 0.129 e. The number of anilines is 1. The van der Waals surface area contributed by atoms with Gasteiger partial charge in [-0.05, 0) is 37.5 Å². The summed E-state index contributed by atoms with van der Waals surface area (Å²) in [5, 5.41) is 1.20. The van der Waals surface area contributed by atoms with Crippen molar-refractivity contribution in [1.29, 1.82) is 0 Å². The molecule has 1 fully saturated rings. The molecule has 0 bridgehead atoms. The fraction of sp³-hybridized carbons (Fsp3) is 0.429. The second-order valence-electron chi connectivity index (χ2n) is 6.98. The summed E-state index contributed by atoms with van der Waals surface area (Å²) in [6, 6.07) is 12.7. The lowest BCUT2D eigenvalue weighted by molar-refractivity contribution is 0.464. The Kier molecular flexibility index (Phi) is 4.68. The summed E-state index contributed by atoms with van der Waals surface area (Å²) in [5.74, 6) is 2.84. The zero-order chi connectivity index (χ0) is 17.1. The van der Waals surface area contributed by atoms with E-state index in [4.69, 9.17) is 4.98 Å². The molecule has 0 N–H and O–H groups in total. The van der Waals surface area contributed by atoms with E-state index in [1.54, 1.807) is 0 Å². The average Bonchev–Trinajstić information content (AvgIpc) is 3.14. The molecule has 1 atom stereocenters. The highest BCUT2D eigenvalue weighted by atomic mass is 15.2. The van der Waals surface area contributed by atoms with Crippen molar-refractivity contribution in [2.45, 2.75) is 45.1 Å². The number of fused-ring (bicyclic) bond motifs is 1. The third-order valence-corrected chi connectivity index (χ3v) is 5.19. The molecule has 3 aromatic rings. The van der Waals surface area contributed by atoms with Crippen LogP contribution in [0.15, 0.2) is 48.8 Å². The first kappa shape index (κ1) is 16.1. The first-order valence-electron chi connectivity index (χ1n) is 9.47. The zero-order valence-electron chi connectivity index (χ0n) is 14.9. The number of imidazole rings is 1. The number of piperidine rings is 1. The molecular formula is C21H26N4. The lowest BCUT2D eigenvalue weighted by Gasteiger charge is -2.33. The Morgan fingerprint density at radius 2 is 2.08 bits per heavy atom. The van der Waals surface area contributed by atoms with Crippen molar-refractivity contribution in [3.05, 3.63) is 54.6 Å². The minimum Gasteiger partial charge on any atom is -0.356 e. The molecular weight excluding hydrogens is 308 g/mol. The van der Waals surface area contributed by atoms with E-state index in [0.717, 1.165) is 31.0 Å². The van der Waals surface area contributed by atoms with Crippen LogP contribution in [-0.4, -0.2) is 27.6 Å². The van der Waals surface area contributed by atoms with Gasteiger partial charge in [-0.3, -0.25) is 0 Å². The highest BCUT2D eigenvalue weighted by Crippen LogP contribution is 2.29. The first-order valence-corrected chi connectivity index (χ1v) is 9.47. The maximum absolute atomic E-state index is 4.89. The fourth-order valence-corrected chi connectivity index (χ4v) is 3.83. The molecule has 1 aliphatic heterocycles. The molecule has 3 heterocycles. The van der Waals surface area contributed by atoms with E-state index in [-0.39, 0.29) is 0 Å². The molecule has 0 unspecified atom stereocenters. The summed E-state index contributed by atoms with van der Waals surface area (Å²) in [6.45, 7) is 5.41. The number of rotatable bonds is 5. The second-order valence-corrected chi connectivity index (χ2v) is 6.98. The number of benzene rings is 1. The third kappa shape index (κ3) is 3.39. The van der Waals surface area contributed by atoms with Crippen LogP contribution in [0.4, 0.5) is 5.82 Å². The standard InChI is InChI=1S/C21H26N4/c1-2-3-13-24-15-12-22-21(24)18-8-6-14-25(16-18)20-11-10-17-7-4-5-9-19(17)23-20/h4-5,7,9-12,15,18H,2-3,6,8,13-14,16H2,1H3/t18-/m0/s1. The Bertz CT molecular complexity index is 839. The van der Waals surface area contributed by atoms with Crippen LogP contribution < -0.4 is 4.90 Å². The van der Waals surface area contributed by atoms with Crippen molar-refractivity contribution in [2.24, 2.45) is 0 Å². The van der Waals surface area contributed by atoms with Crippen LogP contribution in [0.3, 0.4) is 0 Å². The van der Waals surface area contributed by atoms with Gasteiger partial charge in [0.15, 0.2) is 0 Å². The fourth-order valence-electron chi connectivity index (χ4n) is 3.83. The molecule has 4 heteroatoms. The van der Waals surface area contributed by atoms with E-state index in [0.29, 0.717) is 5.92 Å². The molecule has 4 nitrogen and oxygen atoms in total. The Morgan fingerprint density at radius 1 is 1.16 bits per heavy atom. The number of nitrogens with zero attached hydrogens (tertiary/aromatic N) is 4. The Morgan fingerprint density at radius 3 is 3.00 bits per heavy atom. The molecule has 0 saturated carbocycles. The predicted octanol–water partition coefficient (Wildman–Crippen LogP) is 4.62. The number of hydrogen-bond acceptors (Lipinski definition) is 3. The Hall–Kier alpha value is -2.36. The van der Waals surface area contributed by atoms with Gasteiger partial charge in [-0.2, -0.15) is 0 Å². The van der Waals surface area contributed by atoms with Gasteiger partial charge < -0.3 is 9.47 Å². The lowest BCUT2D eigenvalue weighted by Crippen LogP contribution is -2.36. The van der Waals surface area contributed by atoms with E-state index < -0.39 is 0 Å². The normalized spacial score (nSPS) is 18.0. The van der Waals surface area contributed by atoms with Crippen molar-refractivity contribution in [2.75, 3.05) is 18.0 Å². The van der Waals surface area contributed by atoms with Gasteiger partial charge in [0, 0.05) is 43.3 Å². The zero-order valence-corrected chi connectivity index (χ0v) is 14.9. The van der Waals surface area contributed by atoms with Gasteiger partial charge in [0.25, 0.3) is 0 Å². The topological polar surface area (TPSA) is 34.0 Å². The van der Waals surface area contributed by atoms with E-state index in [9.17, 15) is 0 Å². The Balaban J connectivity index is 1.55. The van der Waals surface area contributed by atoms with Gasteiger partial charge in [-0.25, -0.2) is 9.97 Å². The minimum atomic E-state index is 0.494. The maximum Gasteiger partial charge on any atom is 0.129 e. The molecule has 0 radical (unpaired) electrons. The van der Waals surface area contributed by atoms with Crippen molar-refractivity contribution in [1.82, 2.24) is 14.5 Å². The van der Waals surface area contributed by atoms with Crippen LogP contribution in [0.25, 0.3) is 10.9 Å². The Labute approximate surface area is 149 Å². The number of aromatic nitrogens is 3. The summed E-state index contributed by atoms with van der Waals surface area (Å²) >= 11 is 0. The highest BCUT2D eigenvalue weighted by Gasteiger charge is 2.25. The quantitative estimate of drug-likeness (QED) is 0.683. The van der Waals surface area contributed by atoms with Gasteiger partial charge in [0.2, 0.25) is 0 Å². The van der Waals surface area contributed by atoms with Crippen molar-refractivity contribution >= 4 is 16.7 Å². The molecule has 0 amide bonds. The van der Waals surface area contributed by atoms with Gasteiger partial charge in [0.1, 0.15) is 11.6 Å². The summed E-state index contributed by atoms with van der Waals surface area (Å²) < 4.78 is 2.35. The number of aryl methyl sites for hydroxylation is 1. The van der Waals surface area contributed by atoms with Gasteiger partial charge in [0.05, 0.1) is 5.52 Å². The van der Waals surface area contributed by atoms with Crippen LogP contribution in [0.5, 0.6) is 0 Å². The first-order chi connectivity index (χ1) is 12.3. The molecule has 25 heavy (non-hydrogen) atoms. The van der Waals surface area contributed by atoms with E-state index in [1.807, 2.05) is 6.20 Å². The summed E-state index contributed by atoms with van der Waals surface area (Å²) in [4.78, 5) is 12.0. The summed E-state index contributed by atoms with van der Waals surface area (Å²) in [7, 11) is 0. The van der Waals surface area contributed by atoms with E-state index in [2.05, 4.69) is 64.0 Å². The maximum atomic E-state index is 4.89. The number of para-hydroxylation sites is 1. The van der Waals surface area contributed by atoms with Gasteiger partial charge in [-0.15, -0.1) is 0 Å². The van der Waals surface area contributed by atoms with Crippen LogP contribution in [-0.2, 0) is 6.54 Å². The molecule has 1 aliphatic rings. The third-order valence-electron chi connectivity index (χ3n) is 5.19. The molecule has 1 saturated heterocycles. The SMILES string of the molecule is CCCCn1ccnc1[C@H]1CCCN(c2ccc3ccccc3n2)C1. The average molecular weight is 334 g/mol. The van der Waals surface area contributed by atoms with Crippen molar-refractivity contribution in [3.8, 4) is 0 Å². The van der Waals surface area contributed by atoms with Gasteiger partial charge >= 0.3 is 0 Å². The number of hydrogen-bond donors (Lipinski definition) is 0. The summed E-state index contributed by atoms with van der Waals surface area (Å²) in [5.41, 5.74) is 1.08. The van der Waals surface area contributed by atoms with Crippen molar-refractivity contribution < 1.29 is 0 Å². The monoisotopic (exact) mass is 334 g/mol. The molecule has 0 aliphatic carbocycles. The van der Waals surface area contributed by atoms with Crippen LogP contribution >= 0.6 is 0 Å². The predicted molar refractivity (Wildman–Crippen MR) is 103 cm³/mol. The molecule has 1 aromatic carbocycles. The van der Waals surface area contributed by atoms with Crippen LogP contribution in [0.1, 0.15) is 44.3 Å². The molecule has 130 valence electrons. The van der Waals surface area contributed by atoms with Gasteiger partial charge in [-0.1, -0.05) is 31.5 Å². The molecule has 4 rings (SSSR count).